The summed E-state index contributed by atoms with van der Waals surface area (Å²) in [6, 6.07) is 9.84. The Morgan fingerprint density at radius 3 is 2.63 bits per heavy atom. The molecule has 0 amide bonds. The van der Waals surface area contributed by atoms with Gasteiger partial charge in [0.25, 0.3) is 0 Å². The summed E-state index contributed by atoms with van der Waals surface area (Å²) in [4.78, 5) is 8.80. The minimum atomic E-state index is 0.617. The monoisotopic (exact) mass is 369 g/mol. The first-order valence-corrected chi connectivity index (χ1v) is 7.17. The van der Waals surface area contributed by atoms with E-state index in [1.807, 2.05) is 24.3 Å². The van der Waals surface area contributed by atoms with Gasteiger partial charge in [-0.05, 0) is 41.1 Å². The highest BCUT2D eigenvalue weighted by molar-refractivity contribution is 14.1. The van der Waals surface area contributed by atoms with Crippen LogP contribution < -0.4 is 16.6 Å². The Bertz CT molecular complexity index is 558. The molecule has 0 aliphatic carbocycles. The van der Waals surface area contributed by atoms with Crippen LogP contribution in [0.5, 0.6) is 0 Å². The minimum absolute atomic E-state index is 0.617. The van der Waals surface area contributed by atoms with Crippen molar-refractivity contribution in [2.24, 2.45) is 5.84 Å². The highest BCUT2D eigenvalue weighted by atomic mass is 127. The van der Waals surface area contributed by atoms with E-state index in [1.165, 1.54) is 0 Å². The molecule has 0 fully saturated rings. The Morgan fingerprint density at radius 2 is 1.95 bits per heavy atom. The molecule has 0 aliphatic rings. The number of halogens is 1. The number of benzene rings is 1. The van der Waals surface area contributed by atoms with Crippen LogP contribution in [0.2, 0.25) is 0 Å². The summed E-state index contributed by atoms with van der Waals surface area (Å²) in [6.07, 6.45) is 1.83. The molecule has 2 aromatic rings. The van der Waals surface area contributed by atoms with Crippen molar-refractivity contribution in [1.29, 1.82) is 0 Å². The van der Waals surface area contributed by atoms with Crippen LogP contribution in [-0.4, -0.2) is 9.97 Å². The number of nitrogens with two attached hydrogens (primary N) is 1. The molecular weight excluding hydrogens is 353 g/mol. The molecule has 5 nitrogen and oxygen atoms in total. The molecule has 2 rings (SSSR count). The predicted molar refractivity (Wildman–Crippen MR) is 86.3 cm³/mol. The molecule has 0 bridgehead atoms. The second-order valence-electron chi connectivity index (χ2n) is 4.05. The van der Waals surface area contributed by atoms with Gasteiger partial charge in [0, 0.05) is 16.1 Å². The molecule has 19 heavy (non-hydrogen) atoms. The van der Waals surface area contributed by atoms with Gasteiger partial charge in [0.05, 0.1) is 5.69 Å². The molecule has 0 aliphatic heterocycles. The number of hydrogen-bond donors (Lipinski definition) is 3. The van der Waals surface area contributed by atoms with E-state index in [4.69, 9.17) is 5.84 Å². The van der Waals surface area contributed by atoms with Crippen molar-refractivity contribution in [2.75, 3.05) is 10.7 Å². The molecule has 4 N–H and O–H groups in total. The quantitative estimate of drug-likeness (QED) is 0.429. The molecular formula is C13H16IN5. The van der Waals surface area contributed by atoms with Gasteiger partial charge in [-0.15, -0.1) is 0 Å². The van der Waals surface area contributed by atoms with E-state index in [1.54, 1.807) is 6.07 Å². The SMILES string of the molecule is CCCc1nc(NN)cc(Nc2ccccc2I)n1. The molecule has 0 atom stereocenters. The lowest BCUT2D eigenvalue weighted by molar-refractivity contribution is 0.837. The Labute approximate surface area is 126 Å². The number of nitrogens with one attached hydrogen (secondary N) is 2. The van der Waals surface area contributed by atoms with Gasteiger partial charge in [0.15, 0.2) is 0 Å². The number of aromatic nitrogens is 2. The maximum Gasteiger partial charge on any atom is 0.145 e. The molecule has 0 spiro atoms. The fourth-order valence-corrected chi connectivity index (χ4v) is 2.19. The fraction of sp³-hybridized carbons (Fsp3) is 0.231. The molecule has 0 saturated carbocycles. The first-order chi connectivity index (χ1) is 9.22. The fourth-order valence-electron chi connectivity index (χ4n) is 1.67. The number of para-hydroxylation sites is 1. The Morgan fingerprint density at radius 1 is 1.21 bits per heavy atom. The number of nitrogen functional groups attached to an aromatic ring is 1. The number of rotatable bonds is 5. The van der Waals surface area contributed by atoms with Gasteiger partial charge >= 0.3 is 0 Å². The van der Waals surface area contributed by atoms with Crippen LogP contribution >= 0.6 is 22.6 Å². The standard InChI is InChI=1S/C13H16IN5/c1-2-5-11-17-12(8-13(18-11)19-15)16-10-7-4-3-6-9(10)14/h3-4,6-8H,2,5,15H2,1H3,(H2,16,17,18,19). The van der Waals surface area contributed by atoms with E-state index in [0.717, 1.165) is 33.7 Å². The third-order valence-corrected chi connectivity index (χ3v) is 3.47. The van der Waals surface area contributed by atoms with Crippen LogP contribution in [0.15, 0.2) is 30.3 Å². The van der Waals surface area contributed by atoms with E-state index in [9.17, 15) is 0 Å². The smallest absolute Gasteiger partial charge is 0.145 e. The lowest BCUT2D eigenvalue weighted by atomic mass is 10.3. The highest BCUT2D eigenvalue weighted by Gasteiger charge is 2.05. The lowest BCUT2D eigenvalue weighted by Gasteiger charge is -2.10. The zero-order valence-electron chi connectivity index (χ0n) is 10.7. The normalized spacial score (nSPS) is 10.3. The molecule has 0 radical (unpaired) electrons. The average molecular weight is 369 g/mol. The van der Waals surface area contributed by atoms with E-state index in [2.05, 4.69) is 50.2 Å². The summed E-state index contributed by atoms with van der Waals surface area (Å²) < 4.78 is 1.14. The summed E-state index contributed by atoms with van der Waals surface area (Å²) in [5, 5.41) is 3.29. The summed E-state index contributed by atoms with van der Waals surface area (Å²) in [5.41, 5.74) is 3.59. The highest BCUT2D eigenvalue weighted by Crippen LogP contribution is 2.22. The maximum absolute atomic E-state index is 5.44. The van der Waals surface area contributed by atoms with Crippen molar-refractivity contribution in [3.63, 3.8) is 0 Å². The van der Waals surface area contributed by atoms with Crippen LogP contribution in [0, 0.1) is 3.57 Å². The van der Waals surface area contributed by atoms with E-state index >= 15 is 0 Å². The Kier molecular flexibility index (Phi) is 4.92. The number of hydrogen-bond acceptors (Lipinski definition) is 5. The third kappa shape index (κ3) is 3.77. The van der Waals surface area contributed by atoms with Gasteiger partial charge in [0.2, 0.25) is 0 Å². The van der Waals surface area contributed by atoms with Crippen LogP contribution in [0.3, 0.4) is 0 Å². The Balaban J connectivity index is 2.29. The van der Waals surface area contributed by atoms with Gasteiger partial charge in [-0.1, -0.05) is 19.1 Å². The van der Waals surface area contributed by atoms with Crippen molar-refractivity contribution < 1.29 is 0 Å². The Hall–Kier alpha value is -1.41. The molecule has 0 saturated heterocycles. The van der Waals surface area contributed by atoms with E-state index < -0.39 is 0 Å². The van der Waals surface area contributed by atoms with E-state index in [-0.39, 0.29) is 0 Å². The summed E-state index contributed by atoms with van der Waals surface area (Å²) in [7, 11) is 0. The summed E-state index contributed by atoms with van der Waals surface area (Å²) >= 11 is 2.28. The first-order valence-electron chi connectivity index (χ1n) is 6.09. The van der Waals surface area contributed by atoms with Gasteiger partial charge in [-0.2, -0.15) is 0 Å². The van der Waals surface area contributed by atoms with Gasteiger partial charge in [0.1, 0.15) is 17.5 Å². The first kappa shape index (κ1) is 14.0. The predicted octanol–water partition coefficient (Wildman–Crippen LogP) is 3.06. The average Bonchev–Trinajstić information content (AvgIpc) is 2.41. The second-order valence-corrected chi connectivity index (χ2v) is 5.22. The van der Waals surface area contributed by atoms with Crippen LogP contribution in [-0.2, 0) is 6.42 Å². The number of nitrogens with zero attached hydrogens (tertiary/aromatic N) is 2. The number of hydrazine groups is 1. The minimum Gasteiger partial charge on any atom is -0.339 e. The topological polar surface area (TPSA) is 75.9 Å². The molecule has 1 heterocycles. The van der Waals surface area contributed by atoms with Crippen molar-refractivity contribution in [1.82, 2.24) is 9.97 Å². The largest absolute Gasteiger partial charge is 0.339 e. The van der Waals surface area contributed by atoms with Crippen molar-refractivity contribution in [3.05, 3.63) is 39.7 Å². The molecule has 1 aromatic heterocycles. The number of aryl methyl sites for hydroxylation is 1. The van der Waals surface area contributed by atoms with Crippen molar-refractivity contribution in [3.8, 4) is 0 Å². The van der Waals surface area contributed by atoms with Gasteiger partial charge < -0.3 is 10.7 Å². The third-order valence-electron chi connectivity index (χ3n) is 2.53. The zero-order valence-corrected chi connectivity index (χ0v) is 12.8. The van der Waals surface area contributed by atoms with Gasteiger partial charge in [-0.25, -0.2) is 15.8 Å². The van der Waals surface area contributed by atoms with Crippen molar-refractivity contribution >= 4 is 39.9 Å². The maximum atomic E-state index is 5.44. The lowest BCUT2D eigenvalue weighted by Crippen LogP contribution is -2.11. The second kappa shape index (κ2) is 6.67. The number of anilines is 3. The van der Waals surface area contributed by atoms with Crippen LogP contribution in [0.4, 0.5) is 17.3 Å². The molecule has 1 aromatic carbocycles. The summed E-state index contributed by atoms with van der Waals surface area (Å²) in [6.45, 7) is 2.10. The molecule has 6 heteroatoms. The van der Waals surface area contributed by atoms with Crippen molar-refractivity contribution in [2.45, 2.75) is 19.8 Å². The van der Waals surface area contributed by atoms with Crippen LogP contribution in [0.1, 0.15) is 19.2 Å². The molecule has 100 valence electrons. The zero-order chi connectivity index (χ0) is 13.7. The van der Waals surface area contributed by atoms with E-state index in [0.29, 0.717) is 5.82 Å². The summed E-state index contributed by atoms with van der Waals surface area (Å²) in [5.74, 6) is 7.58. The molecule has 0 unspecified atom stereocenters. The van der Waals surface area contributed by atoms with Crippen LogP contribution in [0.25, 0.3) is 0 Å². The van der Waals surface area contributed by atoms with Gasteiger partial charge in [-0.3, -0.25) is 0 Å².